The molecule has 5 heteroatoms. The highest BCUT2D eigenvalue weighted by Gasteiger charge is 2.23. The van der Waals surface area contributed by atoms with E-state index in [2.05, 4.69) is 28.7 Å². The molecule has 1 aliphatic rings. The van der Waals surface area contributed by atoms with Gasteiger partial charge in [-0.25, -0.2) is 4.98 Å². The summed E-state index contributed by atoms with van der Waals surface area (Å²) in [5.41, 5.74) is 8.65. The number of pyridine rings is 1. The van der Waals surface area contributed by atoms with E-state index in [-0.39, 0.29) is 0 Å². The Morgan fingerprint density at radius 2 is 2.14 bits per heavy atom. The molecule has 1 saturated heterocycles. The number of piperidine rings is 1. The number of hydrogen-bond donors (Lipinski definition) is 2. The van der Waals surface area contributed by atoms with Crippen molar-refractivity contribution < 1.29 is 4.79 Å². The summed E-state index contributed by atoms with van der Waals surface area (Å²) < 4.78 is 0. The number of likely N-dealkylation sites (tertiary alicyclic amines) is 1. The third-order valence-electron chi connectivity index (χ3n) is 4.19. The lowest BCUT2D eigenvalue weighted by atomic mass is 9.91. The van der Waals surface area contributed by atoms with Crippen LogP contribution in [0.5, 0.6) is 0 Å². The second-order valence-electron chi connectivity index (χ2n) is 6.41. The Hall–Kier alpha value is -1.88. The maximum Gasteiger partial charge on any atom is 0.267 e. The molecular formula is C16H22N4O. The minimum absolute atomic E-state index is 0.343. The molecule has 0 bridgehead atoms. The number of primary amides is 1. The molecule has 0 saturated carbocycles. The van der Waals surface area contributed by atoms with Crippen LogP contribution in [-0.2, 0) is 6.54 Å². The smallest absolute Gasteiger partial charge is 0.267 e. The fourth-order valence-corrected chi connectivity index (χ4v) is 3.52. The monoisotopic (exact) mass is 286 g/mol. The van der Waals surface area contributed by atoms with Gasteiger partial charge in [-0.05, 0) is 36.0 Å². The van der Waals surface area contributed by atoms with Crippen molar-refractivity contribution in [2.75, 3.05) is 13.1 Å². The number of aromatic amines is 1. The van der Waals surface area contributed by atoms with E-state index < -0.39 is 5.91 Å². The first-order chi connectivity index (χ1) is 10.0. The first-order valence-electron chi connectivity index (χ1n) is 7.52. The van der Waals surface area contributed by atoms with Crippen molar-refractivity contribution in [2.24, 2.45) is 17.6 Å². The maximum atomic E-state index is 11.5. The van der Waals surface area contributed by atoms with Crippen molar-refractivity contribution in [3.05, 3.63) is 29.6 Å². The molecule has 2 atom stereocenters. The number of rotatable bonds is 3. The topological polar surface area (TPSA) is 75.0 Å². The summed E-state index contributed by atoms with van der Waals surface area (Å²) in [7, 11) is 0. The minimum atomic E-state index is -0.472. The lowest BCUT2D eigenvalue weighted by Crippen LogP contribution is -2.38. The molecule has 3 heterocycles. The van der Waals surface area contributed by atoms with Gasteiger partial charge in [0.15, 0.2) is 0 Å². The second kappa shape index (κ2) is 5.48. The minimum Gasteiger partial charge on any atom is -0.364 e. The molecule has 2 aromatic rings. The zero-order valence-corrected chi connectivity index (χ0v) is 12.6. The van der Waals surface area contributed by atoms with Gasteiger partial charge in [-0.1, -0.05) is 13.8 Å². The molecule has 3 N–H and O–H groups in total. The summed E-state index contributed by atoms with van der Waals surface area (Å²) in [5, 5.41) is 0. The van der Waals surface area contributed by atoms with Gasteiger partial charge in [-0.3, -0.25) is 9.69 Å². The number of nitrogens with one attached hydrogen (secondary N) is 1. The average Bonchev–Trinajstić information content (AvgIpc) is 2.85. The first-order valence-corrected chi connectivity index (χ1v) is 7.52. The van der Waals surface area contributed by atoms with Crippen molar-refractivity contribution in [3.63, 3.8) is 0 Å². The molecule has 112 valence electrons. The van der Waals surface area contributed by atoms with Gasteiger partial charge in [0.1, 0.15) is 5.69 Å². The number of amides is 1. The first kappa shape index (κ1) is 14.1. The van der Waals surface area contributed by atoms with Gasteiger partial charge < -0.3 is 10.7 Å². The van der Waals surface area contributed by atoms with Gasteiger partial charge in [-0.2, -0.15) is 0 Å². The van der Waals surface area contributed by atoms with Gasteiger partial charge in [0, 0.05) is 25.8 Å². The third kappa shape index (κ3) is 2.93. The van der Waals surface area contributed by atoms with Crippen LogP contribution in [-0.4, -0.2) is 33.9 Å². The molecule has 0 aliphatic carbocycles. The van der Waals surface area contributed by atoms with Gasteiger partial charge in [-0.15, -0.1) is 0 Å². The highest BCUT2D eigenvalue weighted by atomic mass is 16.1. The predicted octanol–water partition coefficient (Wildman–Crippen LogP) is 2.14. The van der Waals surface area contributed by atoms with E-state index in [1.54, 1.807) is 0 Å². The summed E-state index contributed by atoms with van der Waals surface area (Å²) in [6, 6.07) is 3.71. The lowest BCUT2D eigenvalue weighted by molar-refractivity contribution is 0.0995. The van der Waals surface area contributed by atoms with Crippen LogP contribution in [0.25, 0.3) is 11.0 Å². The van der Waals surface area contributed by atoms with Crippen molar-refractivity contribution in [1.82, 2.24) is 14.9 Å². The molecule has 1 fully saturated rings. The molecule has 1 aliphatic heterocycles. The molecule has 0 spiro atoms. The maximum absolute atomic E-state index is 11.5. The van der Waals surface area contributed by atoms with Crippen LogP contribution in [0.4, 0.5) is 0 Å². The summed E-state index contributed by atoms with van der Waals surface area (Å²) in [6.45, 7) is 7.62. The molecule has 1 amide bonds. The van der Waals surface area contributed by atoms with Gasteiger partial charge in [0.05, 0.1) is 11.0 Å². The van der Waals surface area contributed by atoms with Crippen LogP contribution >= 0.6 is 0 Å². The molecule has 3 rings (SSSR count). The molecule has 0 aromatic carbocycles. The second-order valence-corrected chi connectivity index (χ2v) is 6.41. The molecule has 2 aromatic heterocycles. The highest BCUT2D eigenvalue weighted by Crippen LogP contribution is 2.25. The van der Waals surface area contributed by atoms with Crippen molar-refractivity contribution in [2.45, 2.75) is 26.8 Å². The number of fused-ring (bicyclic) bond motifs is 1. The van der Waals surface area contributed by atoms with Crippen LogP contribution in [0.3, 0.4) is 0 Å². The number of nitrogens with two attached hydrogens (primary N) is 1. The molecule has 21 heavy (non-hydrogen) atoms. The quantitative estimate of drug-likeness (QED) is 0.907. The number of H-pyrrole nitrogens is 1. The number of hydrogen-bond acceptors (Lipinski definition) is 3. The van der Waals surface area contributed by atoms with E-state index in [1.165, 1.54) is 6.42 Å². The van der Waals surface area contributed by atoms with E-state index >= 15 is 0 Å². The zero-order chi connectivity index (χ0) is 15.0. The van der Waals surface area contributed by atoms with Crippen LogP contribution in [0.15, 0.2) is 18.3 Å². The fourth-order valence-electron chi connectivity index (χ4n) is 3.52. The largest absolute Gasteiger partial charge is 0.364 e. The number of carbonyl (C=O) groups is 1. The Bertz CT molecular complexity index is 653. The Kier molecular flexibility index (Phi) is 3.68. The van der Waals surface area contributed by atoms with E-state index in [4.69, 9.17) is 5.73 Å². The van der Waals surface area contributed by atoms with Crippen molar-refractivity contribution in [3.8, 4) is 0 Å². The van der Waals surface area contributed by atoms with Gasteiger partial charge in [0.2, 0.25) is 0 Å². The molecular weight excluding hydrogens is 264 g/mol. The number of nitrogens with zero attached hydrogens (tertiary/aromatic N) is 2. The highest BCUT2D eigenvalue weighted by molar-refractivity contribution is 5.94. The zero-order valence-electron chi connectivity index (χ0n) is 12.6. The predicted molar refractivity (Wildman–Crippen MR) is 82.8 cm³/mol. The van der Waals surface area contributed by atoms with Crippen LogP contribution < -0.4 is 5.73 Å². The van der Waals surface area contributed by atoms with E-state index in [0.717, 1.165) is 36.2 Å². The summed E-state index contributed by atoms with van der Waals surface area (Å²) in [4.78, 5) is 21.4. The van der Waals surface area contributed by atoms with E-state index in [9.17, 15) is 4.79 Å². The van der Waals surface area contributed by atoms with Gasteiger partial charge >= 0.3 is 0 Å². The van der Waals surface area contributed by atoms with Crippen LogP contribution in [0.2, 0.25) is 0 Å². The lowest BCUT2D eigenvalue weighted by Gasteiger charge is -2.35. The Morgan fingerprint density at radius 1 is 1.43 bits per heavy atom. The SMILES string of the molecule is C[C@@H]1C[C@H](C)CN(Cc2cc(C(N)=O)nc3cc[nH]c23)C1. The Morgan fingerprint density at radius 3 is 2.81 bits per heavy atom. The Balaban J connectivity index is 1.92. The van der Waals surface area contributed by atoms with Crippen LogP contribution in [0, 0.1) is 11.8 Å². The third-order valence-corrected chi connectivity index (χ3v) is 4.19. The van der Waals surface area contributed by atoms with Crippen molar-refractivity contribution in [1.29, 1.82) is 0 Å². The van der Waals surface area contributed by atoms with Crippen LogP contribution in [0.1, 0.15) is 36.3 Å². The molecule has 0 radical (unpaired) electrons. The standard InChI is InChI=1S/C16H22N4O/c1-10-5-11(2)8-20(7-10)9-12-6-14(16(17)21)19-13-3-4-18-15(12)13/h3-4,6,10-11,18H,5,7-9H2,1-2H3,(H2,17,21)/t10-,11+. The fraction of sp³-hybridized carbons (Fsp3) is 0.500. The van der Waals surface area contributed by atoms with Gasteiger partial charge in [0.25, 0.3) is 5.91 Å². The summed E-state index contributed by atoms with van der Waals surface area (Å²) in [5.74, 6) is 0.954. The average molecular weight is 286 g/mol. The normalized spacial score (nSPS) is 23.5. The summed E-state index contributed by atoms with van der Waals surface area (Å²) >= 11 is 0. The molecule has 0 unspecified atom stereocenters. The van der Waals surface area contributed by atoms with E-state index in [1.807, 2.05) is 18.3 Å². The summed E-state index contributed by atoms with van der Waals surface area (Å²) in [6.07, 6.45) is 3.14. The van der Waals surface area contributed by atoms with E-state index in [0.29, 0.717) is 17.5 Å². The number of carbonyl (C=O) groups excluding carboxylic acids is 1. The Labute approximate surface area is 124 Å². The number of aromatic nitrogens is 2. The molecule has 5 nitrogen and oxygen atoms in total. The van der Waals surface area contributed by atoms with Crippen molar-refractivity contribution >= 4 is 16.9 Å².